The summed E-state index contributed by atoms with van der Waals surface area (Å²) in [6, 6.07) is -0.630. The number of nitrogens with zero attached hydrogens (tertiary/aromatic N) is 2. The van der Waals surface area contributed by atoms with Gasteiger partial charge in [-0.3, -0.25) is 14.4 Å². The lowest BCUT2D eigenvalue weighted by Crippen LogP contribution is -2.44. The fourth-order valence-electron chi connectivity index (χ4n) is 2.51. The molecule has 1 atom stereocenters. The number of aromatic nitrogens is 2. The number of carbonyl (C=O) groups is 3. The van der Waals surface area contributed by atoms with E-state index in [0.717, 1.165) is 25.5 Å². The van der Waals surface area contributed by atoms with Crippen LogP contribution in [0.4, 0.5) is 0 Å². The second kappa shape index (κ2) is 11.2. The van der Waals surface area contributed by atoms with Crippen LogP contribution in [0.5, 0.6) is 0 Å². The zero-order valence-corrected chi connectivity index (χ0v) is 15.7. The van der Waals surface area contributed by atoms with Gasteiger partial charge in [-0.2, -0.15) is 0 Å². The summed E-state index contributed by atoms with van der Waals surface area (Å²) in [4.78, 5) is 43.5. The number of nitrogens with one attached hydrogen (secondary N) is 2. The molecule has 0 saturated heterocycles. The number of Topliss-reactive ketones (excluding diaryl/α,β-unsaturated/α-hetero) is 2. The molecular weight excluding hydrogens is 332 g/mol. The van der Waals surface area contributed by atoms with Gasteiger partial charge in [0.1, 0.15) is 5.82 Å². The third kappa shape index (κ3) is 7.63. The second-order valence-corrected chi connectivity index (χ2v) is 6.69. The first-order chi connectivity index (χ1) is 12.3. The topological polar surface area (TPSA) is 113 Å². The lowest BCUT2D eigenvalue weighted by molar-refractivity contribution is -0.126. The van der Waals surface area contributed by atoms with Gasteiger partial charge in [0.2, 0.25) is 5.91 Å². The summed E-state index contributed by atoms with van der Waals surface area (Å²) in [5.41, 5.74) is 0.533. The van der Waals surface area contributed by atoms with Crippen molar-refractivity contribution in [3.05, 3.63) is 23.8 Å². The van der Waals surface area contributed by atoms with Crippen molar-refractivity contribution in [1.29, 1.82) is 5.41 Å². The highest BCUT2D eigenvalue weighted by molar-refractivity contribution is 6.29. The van der Waals surface area contributed by atoms with E-state index in [2.05, 4.69) is 15.3 Å². The second-order valence-electron chi connectivity index (χ2n) is 6.69. The summed E-state index contributed by atoms with van der Waals surface area (Å²) in [5.74, 6) is 0.0677. The molecule has 1 aromatic rings. The van der Waals surface area contributed by atoms with Gasteiger partial charge < -0.3 is 10.7 Å². The Morgan fingerprint density at radius 2 is 1.65 bits per heavy atom. The van der Waals surface area contributed by atoms with Crippen LogP contribution in [-0.2, 0) is 9.59 Å². The summed E-state index contributed by atoms with van der Waals surface area (Å²) < 4.78 is 0. The summed E-state index contributed by atoms with van der Waals surface area (Å²) in [7, 11) is 0. The first kappa shape index (κ1) is 21.6. The summed E-state index contributed by atoms with van der Waals surface area (Å²) in [6.45, 7) is 5.44. The minimum absolute atomic E-state index is 0.0349. The Morgan fingerprint density at radius 1 is 1.08 bits per heavy atom. The molecule has 1 amide bonds. The first-order valence-electron chi connectivity index (χ1n) is 9.00. The van der Waals surface area contributed by atoms with Crippen LogP contribution in [0.1, 0.15) is 68.6 Å². The average Bonchev–Trinajstić information content (AvgIpc) is 2.62. The van der Waals surface area contributed by atoms with Crippen molar-refractivity contribution in [1.82, 2.24) is 15.3 Å². The monoisotopic (exact) mass is 360 g/mol. The minimum atomic E-state index is -0.630. The van der Waals surface area contributed by atoms with Crippen molar-refractivity contribution in [3.8, 4) is 0 Å². The van der Waals surface area contributed by atoms with Gasteiger partial charge in [0, 0.05) is 25.2 Å². The number of rotatable bonds is 12. The smallest absolute Gasteiger partial charge is 0.220 e. The van der Waals surface area contributed by atoms with E-state index in [1.165, 1.54) is 0 Å². The molecule has 1 aromatic heterocycles. The SMILES string of the molecule is Cc1ncc(C(=O)CCCCCCC(=O)N[C@H](C(=O)C=N)C(C)C)cn1. The molecule has 0 radical (unpaired) electrons. The largest absolute Gasteiger partial charge is 0.346 e. The Morgan fingerprint density at radius 3 is 2.19 bits per heavy atom. The third-order valence-electron chi connectivity index (χ3n) is 4.09. The van der Waals surface area contributed by atoms with Crippen LogP contribution < -0.4 is 5.32 Å². The van der Waals surface area contributed by atoms with Gasteiger partial charge in [0.05, 0.1) is 17.8 Å². The average molecular weight is 360 g/mol. The number of hydrogen-bond acceptors (Lipinski definition) is 6. The molecule has 1 heterocycles. The first-order valence-corrected chi connectivity index (χ1v) is 9.00. The van der Waals surface area contributed by atoms with Crippen LogP contribution in [-0.4, -0.2) is 39.7 Å². The fraction of sp³-hybridized carbons (Fsp3) is 0.579. The molecule has 7 heteroatoms. The van der Waals surface area contributed by atoms with Gasteiger partial charge in [-0.1, -0.05) is 26.7 Å². The molecule has 1 rings (SSSR count). The van der Waals surface area contributed by atoms with E-state index < -0.39 is 6.04 Å². The number of aryl methyl sites for hydroxylation is 1. The van der Waals surface area contributed by atoms with Crippen molar-refractivity contribution in [2.24, 2.45) is 5.92 Å². The molecule has 0 aliphatic carbocycles. The molecule has 0 saturated carbocycles. The van der Waals surface area contributed by atoms with Crippen LogP contribution in [0.25, 0.3) is 0 Å². The van der Waals surface area contributed by atoms with Crippen LogP contribution in [0.3, 0.4) is 0 Å². The summed E-state index contributed by atoms with van der Waals surface area (Å²) in [6.07, 6.45) is 7.81. The molecule has 0 unspecified atom stereocenters. The van der Waals surface area contributed by atoms with E-state index in [4.69, 9.17) is 5.41 Å². The normalized spacial score (nSPS) is 11.8. The number of amides is 1. The summed E-state index contributed by atoms with van der Waals surface area (Å²) >= 11 is 0. The van der Waals surface area contributed by atoms with E-state index in [1.54, 1.807) is 19.3 Å². The predicted octanol–water partition coefficient (Wildman–Crippen LogP) is 2.67. The fourth-order valence-corrected chi connectivity index (χ4v) is 2.51. The molecule has 2 N–H and O–H groups in total. The lowest BCUT2D eigenvalue weighted by atomic mass is 10.00. The van der Waals surface area contributed by atoms with Crippen LogP contribution in [0, 0.1) is 18.3 Å². The summed E-state index contributed by atoms with van der Waals surface area (Å²) in [5, 5.41) is 9.73. The van der Waals surface area contributed by atoms with Crippen molar-refractivity contribution in [2.45, 2.75) is 65.3 Å². The molecule has 0 spiro atoms. The number of carbonyl (C=O) groups excluding carboxylic acids is 3. The predicted molar refractivity (Wildman–Crippen MR) is 99.4 cm³/mol. The Kier molecular flexibility index (Phi) is 9.33. The van der Waals surface area contributed by atoms with E-state index in [1.807, 2.05) is 13.8 Å². The van der Waals surface area contributed by atoms with Gasteiger partial charge in [0.15, 0.2) is 11.6 Å². The van der Waals surface area contributed by atoms with Crippen molar-refractivity contribution >= 4 is 23.7 Å². The Hall–Kier alpha value is -2.44. The van der Waals surface area contributed by atoms with Crippen molar-refractivity contribution in [3.63, 3.8) is 0 Å². The minimum Gasteiger partial charge on any atom is -0.346 e. The molecule has 142 valence electrons. The van der Waals surface area contributed by atoms with E-state index in [-0.39, 0.29) is 23.4 Å². The maximum Gasteiger partial charge on any atom is 0.220 e. The van der Waals surface area contributed by atoms with E-state index >= 15 is 0 Å². The lowest BCUT2D eigenvalue weighted by Gasteiger charge is -2.19. The molecule has 0 fully saturated rings. The molecule has 7 nitrogen and oxygen atoms in total. The maximum atomic E-state index is 12.0. The molecule has 0 aliphatic rings. The number of ketones is 2. The molecule has 0 aromatic carbocycles. The van der Waals surface area contributed by atoms with Crippen LogP contribution in [0.15, 0.2) is 12.4 Å². The van der Waals surface area contributed by atoms with E-state index in [0.29, 0.717) is 30.7 Å². The molecular formula is C19H28N4O3. The zero-order valence-electron chi connectivity index (χ0n) is 15.7. The standard InChI is InChI=1S/C19H28N4O3/c1-13(2)19(17(25)10-20)23-18(26)9-7-5-4-6-8-16(24)15-11-21-14(3)22-12-15/h10-13,19-20H,4-9H2,1-3H3,(H,23,26)/t19-/m0/s1. The quantitative estimate of drug-likeness (QED) is 0.338. The van der Waals surface area contributed by atoms with Crippen molar-refractivity contribution in [2.75, 3.05) is 0 Å². The molecule has 26 heavy (non-hydrogen) atoms. The van der Waals surface area contributed by atoms with Crippen LogP contribution in [0.2, 0.25) is 0 Å². The highest BCUT2D eigenvalue weighted by Gasteiger charge is 2.21. The van der Waals surface area contributed by atoms with Gasteiger partial charge >= 0.3 is 0 Å². The van der Waals surface area contributed by atoms with Gasteiger partial charge in [-0.05, 0) is 25.7 Å². The molecule has 0 bridgehead atoms. The van der Waals surface area contributed by atoms with E-state index in [9.17, 15) is 14.4 Å². The van der Waals surface area contributed by atoms with Gasteiger partial charge in [-0.25, -0.2) is 9.97 Å². The van der Waals surface area contributed by atoms with Crippen molar-refractivity contribution < 1.29 is 14.4 Å². The van der Waals surface area contributed by atoms with Gasteiger partial charge in [0.25, 0.3) is 0 Å². The van der Waals surface area contributed by atoms with Gasteiger partial charge in [-0.15, -0.1) is 0 Å². The zero-order chi connectivity index (χ0) is 19.5. The Bertz CT molecular complexity index is 626. The van der Waals surface area contributed by atoms with Crippen LogP contribution >= 0.6 is 0 Å². The number of unbranched alkanes of at least 4 members (excludes halogenated alkanes) is 3. The number of hydrogen-bond donors (Lipinski definition) is 2. The highest BCUT2D eigenvalue weighted by Crippen LogP contribution is 2.10. The Balaban J connectivity index is 2.20. The Labute approximate surface area is 154 Å². The molecule has 0 aliphatic heterocycles. The highest BCUT2D eigenvalue weighted by atomic mass is 16.2. The third-order valence-corrected chi connectivity index (χ3v) is 4.09. The maximum absolute atomic E-state index is 12.0.